The normalized spacial score (nSPS) is 10.3. The van der Waals surface area contributed by atoms with Crippen LogP contribution in [0.2, 0.25) is 0 Å². The molecule has 0 rings (SSSR count). The van der Waals surface area contributed by atoms with Gasteiger partial charge in [0.25, 0.3) is 0 Å². The number of hydrogen-bond donors (Lipinski definition) is 0. The van der Waals surface area contributed by atoms with Gasteiger partial charge in [-0.3, -0.25) is 4.79 Å². The van der Waals surface area contributed by atoms with Gasteiger partial charge < -0.3 is 4.90 Å². The van der Waals surface area contributed by atoms with Crippen LogP contribution < -0.4 is 0 Å². The molecule has 18 heavy (non-hydrogen) atoms. The minimum Gasteiger partial charge on any atom is -0.343 e. The van der Waals surface area contributed by atoms with E-state index in [1.165, 1.54) is 31.4 Å². The van der Waals surface area contributed by atoms with E-state index in [-0.39, 0.29) is 0 Å². The Bertz CT molecular complexity index is 215. The van der Waals surface area contributed by atoms with Crippen LogP contribution in [0, 0.1) is 0 Å². The molecule has 0 spiro atoms. The number of rotatable bonds is 12. The molecule has 0 aromatic rings. The van der Waals surface area contributed by atoms with Gasteiger partial charge in [0, 0.05) is 25.3 Å². The van der Waals surface area contributed by atoms with Crippen LogP contribution in [0.3, 0.4) is 0 Å². The van der Waals surface area contributed by atoms with E-state index in [2.05, 4.69) is 6.58 Å². The molecular formula is C15H29NOS. The predicted molar refractivity (Wildman–Crippen MR) is 83.2 cm³/mol. The molecule has 0 fully saturated rings. The van der Waals surface area contributed by atoms with Gasteiger partial charge in [0.2, 0.25) is 5.91 Å². The highest BCUT2D eigenvalue weighted by atomic mass is 32.2. The molecule has 0 aliphatic carbocycles. The first-order valence-corrected chi connectivity index (χ1v) is 8.38. The first-order valence-electron chi connectivity index (χ1n) is 7.22. The summed E-state index contributed by atoms with van der Waals surface area (Å²) in [5.74, 6) is 2.63. The lowest BCUT2D eigenvalue weighted by Crippen LogP contribution is -2.30. The zero-order valence-electron chi connectivity index (χ0n) is 12.1. The average Bonchev–Trinajstić information content (AvgIpc) is 2.38. The molecule has 0 saturated carbocycles. The Labute approximate surface area is 117 Å². The highest BCUT2D eigenvalue weighted by Crippen LogP contribution is 2.10. The number of nitrogens with zero attached hydrogens (tertiary/aromatic N) is 1. The smallest absolute Gasteiger partial charge is 0.222 e. The summed E-state index contributed by atoms with van der Waals surface area (Å²) in [4.78, 5) is 13.6. The van der Waals surface area contributed by atoms with Crippen molar-refractivity contribution in [3.05, 3.63) is 12.7 Å². The number of carbonyl (C=O) groups excluding carboxylic acids is 1. The quantitative estimate of drug-likeness (QED) is 0.393. The molecule has 0 aliphatic heterocycles. The third-order valence-electron chi connectivity index (χ3n) is 3.03. The summed E-state index contributed by atoms with van der Waals surface area (Å²) in [5, 5.41) is 0. The van der Waals surface area contributed by atoms with E-state index in [0.717, 1.165) is 31.7 Å². The van der Waals surface area contributed by atoms with Gasteiger partial charge in [-0.05, 0) is 32.4 Å². The number of thioether (sulfide) groups is 1. The maximum Gasteiger partial charge on any atom is 0.222 e. The van der Waals surface area contributed by atoms with Crippen molar-refractivity contribution in [2.45, 2.75) is 52.4 Å². The van der Waals surface area contributed by atoms with Gasteiger partial charge in [-0.1, -0.05) is 25.3 Å². The predicted octanol–water partition coefficient (Wildman–Crippen LogP) is 4.11. The van der Waals surface area contributed by atoms with Crippen LogP contribution in [-0.2, 0) is 4.79 Å². The van der Waals surface area contributed by atoms with Crippen molar-refractivity contribution >= 4 is 17.7 Å². The van der Waals surface area contributed by atoms with Crippen molar-refractivity contribution < 1.29 is 4.79 Å². The van der Waals surface area contributed by atoms with E-state index in [0.29, 0.717) is 5.91 Å². The second kappa shape index (κ2) is 13.0. The summed E-state index contributed by atoms with van der Waals surface area (Å²) >= 11 is 1.95. The van der Waals surface area contributed by atoms with Crippen molar-refractivity contribution in [2.24, 2.45) is 0 Å². The Morgan fingerprint density at radius 3 is 2.33 bits per heavy atom. The molecule has 0 heterocycles. The fraction of sp³-hybridized carbons (Fsp3) is 0.800. The van der Waals surface area contributed by atoms with Crippen LogP contribution in [0.5, 0.6) is 0 Å². The van der Waals surface area contributed by atoms with Gasteiger partial charge in [0.15, 0.2) is 0 Å². The van der Waals surface area contributed by atoms with Gasteiger partial charge in [-0.25, -0.2) is 0 Å². The molecular weight excluding hydrogens is 242 g/mol. The van der Waals surface area contributed by atoms with E-state index in [9.17, 15) is 4.79 Å². The average molecular weight is 271 g/mol. The Morgan fingerprint density at radius 1 is 1.11 bits per heavy atom. The molecule has 0 aromatic heterocycles. The van der Waals surface area contributed by atoms with Crippen molar-refractivity contribution in [3.8, 4) is 0 Å². The van der Waals surface area contributed by atoms with Gasteiger partial charge >= 0.3 is 0 Å². The van der Waals surface area contributed by atoms with E-state index in [1.807, 2.05) is 36.6 Å². The van der Waals surface area contributed by atoms with Gasteiger partial charge in [0.1, 0.15) is 0 Å². The van der Waals surface area contributed by atoms with Crippen molar-refractivity contribution in [1.29, 1.82) is 0 Å². The Balaban J connectivity index is 3.29. The second-order valence-corrected chi connectivity index (χ2v) is 5.60. The van der Waals surface area contributed by atoms with Crippen LogP contribution in [0.25, 0.3) is 0 Å². The highest BCUT2D eigenvalue weighted by molar-refractivity contribution is 7.99. The first-order chi connectivity index (χ1) is 8.76. The molecule has 0 atom stereocenters. The summed E-state index contributed by atoms with van der Waals surface area (Å²) in [6, 6.07) is 0. The lowest BCUT2D eigenvalue weighted by molar-refractivity contribution is -0.130. The van der Waals surface area contributed by atoms with E-state index >= 15 is 0 Å². The van der Waals surface area contributed by atoms with Gasteiger partial charge in [0.05, 0.1) is 0 Å². The fourth-order valence-corrected chi connectivity index (χ4v) is 2.65. The zero-order chi connectivity index (χ0) is 13.6. The third kappa shape index (κ3) is 9.58. The zero-order valence-corrected chi connectivity index (χ0v) is 12.9. The minimum atomic E-state index is 0.321. The lowest BCUT2D eigenvalue weighted by Gasteiger charge is -2.18. The standard InChI is InChI=1S/C15H29NOS/c1-4-13-18-14-11-9-7-8-10-12-15(17)16(5-2)6-3/h4H,1,5-14H2,2-3H3. The molecule has 0 N–H and O–H groups in total. The highest BCUT2D eigenvalue weighted by Gasteiger charge is 2.07. The topological polar surface area (TPSA) is 20.3 Å². The molecule has 3 heteroatoms. The van der Waals surface area contributed by atoms with Crippen LogP contribution in [0.15, 0.2) is 12.7 Å². The van der Waals surface area contributed by atoms with Gasteiger partial charge in [-0.15, -0.1) is 6.58 Å². The molecule has 2 nitrogen and oxygen atoms in total. The third-order valence-corrected chi connectivity index (χ3v) is 4.08. The number of unbranched alkanes of at least 4 members (excludes halogenated alkanes) is 4. The Hall–Kier alpha value is -0.440. The van der Waals surface area contributed by atoms with E-state index < -0.39 is 0 Å². The summed E-state index contributed by atoms with van der Waals surface area (Å²) in [6.45, 7) is 9.48. The van der Waals surface area contributed by atoms with Crippen molar-refractivity contribution in [2.75, 3.05) is 24.6 Å². The maximum absolute atomic E-state index is 11.7. The maximum atomic E-state index is 11.7. The van der Waals surface area contributed by atoms with Crippen LogP contribution in [0.1, 0.15) is 52.4 Å². The molecule has 0 aromatic carbocycles. The molecule has 0 bridgehead atoms. The number of amides is 1. The second-order valence-electron chi connectivity index (χ2n) is 4.45. The Kier molecular flexibility index (Phi) is 12.7. The summed E-state index contributed by atoms with van der Waals surface area (Å²) in [7, 11) is 0. The molecule has 0 radical (unpaired) electrons. The van der Waals surface area contributed by atoms with Crippen LogP contribution in [0.4, 0.5) is 0 Å². The van der Waals surface area contributed by atoms with E-state index in [4.69, 9.17) is 0 Å². The molecule has 106 valence electrons. The van der Waals surface area contributed by atoms with E-state index in [1.54, 1.807) is 0 Å². The number of carbonyl (C=O) groups is 1. The summed E-state index contributed by atoms with van der Waals surface area (Å²) in [6.07, 6.45) is 8.79. The Morgan fingerprint density at radius 2 is 1.72 bits per heavy atom. The van der Waals surface area contributed by atoms with Gasteiger partial charge in [-0.2, -0.15) is 11.8 Å². The van der Waals surface area contributed by atoms with Crippen LogP contribution in [-0.4, -0.2) is 35.4 Å². The molecule has 0 aliphatic rings. The van der Waals surface area contributed by atoms with Crippen molar-refractivity contribution in [3.63, 3.8) is 0 Å². The molecule has 0 saturated heterocycles. The molecule has 1 amide bonds. The lowest BCUT2D eigenvalue weighted by atomic mass is 10.1. The fourth-order valence-electron chi connectivity index (χ4n) is 1.91. The number of hydrogen-bond acceptors (Lipinski definition) is 2. The SMILES string of the molecule is C=CCSCCCCCCCC(=O)N(CC)CC. The first kappa shape index (κ1) is 17.6. The molecule has 0 unspecified atom stereocenters. The minimum absolute atomic E-state index is 0.321. The summed E-state index contributed by atoms with van der Waals surface area (Å²) in [5.41, 5.74) is 0. The summed E-state index contributed by atoms with van der Waals surface area (Å²) < 4.78 is 0. The van der Waals surface area contributed by atoms with Crippen molar-refractivity contribution in [1.82, 2.24) is 4.90 Å². The monoisotopic (exact) mass is 271 g/mol. The largest absolute Gasteiger partial charge is 0.343 e. The van der Waals surface area contributed by atoms with Crippen LogP contribution >= 0.6 is 11.8 Å².